The van der Waals surface area contributed by atoms with Crippen LogP contribution >= 0.6 is 0 Å². The van der Waals surface area contributed by atoms with Crippen LogP contribution in [0.15, 0.2) is 42.5 Å². The first-order valence-corrected chi connectivity index (χ1v) is 6.33. The first-order chi connectivity index (χ1) is 9.65. The molecule has 3 nitrogen and oxygen atoms in total. The van der Waals surface area contributed by atoms with Crippen molar-refractivity contribution in [2.45, 2.75) is 13.1 Å². The number of halogens is 1. The number of anilines is 1. The second-order valence-electron chi connectivity index (χ2n) is 4.61. The summed E-state index contributed by atoms with van der Waals surface area (Å²) in [5.74, 6) is -0.239. The molecule has 0 amide bonds. The molecule has 4 heteroatoms. The Kier molecular flexibility index (Phi) is 4.34. The molecule has 0 aliphatic heterocycles. The molecule has 0 saturated heterocycles. The maximum Gasteiger partial charge on any atom is 0.128 e. The molecule has 2 aromatic rings. The van der Waals surface area contributed by atoms with Crippen LogP contribution in [0.1, 0.15) is 16.7 Å². The van der Waals surface area contributed by atoms with Crippen LogP contribution in [0.25, 0.3) is 0 Å². The van der Waals surface area contributed by atoms with Crippen LogP contribution in [0.4, 0.5) is 10.1 Å². The molecule has 2 rings (SSSR count). The third kappa shape index (κ3) is 2.95. The van der Waals surface area contributed by atoms with E-state index in [4.69, 9.17) is 5.73 Å². The summed E-state index contributed by atoms with van der Waals surface area (Å²) in [4.78, 5) is 1.86. The molecular formula is C16H16FN3. The molecule has 0 bridgehead atoms. The standard InChI is InChI=1S/C16H16FN3/c1-20(11-13-4-2-3-5-15(13)17)16-7-6-12(9-18)8-14(16)10-19/h2-8H,9,11,18H2,1H3. The topological polar surface area (TPSA) is 53.0 Å². The van der Waals surface area contributed by atoms with E-state index in [1.807, 2.05) is 24.1 Å². The third-order valence-electron chi connectivity index (χ3n) is 3.19. The van der Waals surface area contributed by atoms with Gasteiger partial charge in [0.2, 0.25) is 0 Å². The number of hydrogen-bond donors (Lipinski definition) is 1. The fraction of sp³-hybridized carbons (Fsp3) is 0.188. The summed E-state index contributed by atoms with van der Waals surface area (Å²) in [7, 11) is 1.84. The first kappa shape index (κ1) is 14.0. The highest BCUT2D eigenvalue weighted by Crippen LogP contribution is 2.22. The molecule has 0 aliphatic rings. The van der Waals surface area contributed by atoms with E-state index >= 15 is 0 Å². The monoisotopic (exact) mass is 269 g/mol. The van der Waals surface area contributed by atoms with E-state index in [0.717, 1.165) is 11.3 Å². The first-order valence-electron chi connectivity index (χ1n) is 6.33. The highest BCUT2D eigenvalue weighted by Gasteiger charge is 2.10. The number of hydrogen-bond acceptors (Lipinski definition) is 3. The maximum atomic E-state index is 13.7. The maximum absolute atomic E-state index is 13.7. The van der Waals surface area contributed by atoms with Crippen molar-refractivity contribution in [2.24, 2.45) is 5.73 Å². The molecule has 0 aliphatic carbocycles. The van der Waals surface area contributed by atoms with Crippen LogP contribution in [0.3, 0.4) is 0 Å². The van der Waals surface area contributed by atoms with Crippen molar-refractivity contribution >= 4 is 5.69 Å². The van der Waals surface area contributed by atoms with Gasteiger partial charge in [0.25, 0.3) is 0 Å². The van der Waals surface area contributed by atoms with Gasteiger partial charge in [0.1, 0.15) is 11.9 Å². The van der Waals surface area contributed by atoms with E-state index in [0.29, 0.717) is 24.2 Å². The van der Waals surface area contributed by atoms with E-state index in [2.05, 4.69) is 6.07 Å². The summed E-state index contributed by atoms with van der Waals surface area (Å²) in [6, 6.07) is 14.3. The molecule has 0 aromatic heterocycles. The van der Waals surface area contributed by atoms with Crippen molar-refractivity contribution in [1.82, 2.24) is 0 Å². The predicted octanol–water partition coefficient (Wildman–Crippen LogP) is 2.79. The zero-order valence-corrected chi connectivity index (χ0v) is 11.3. The number of rotatable bonds is 4. The van der Waals surface area contributed by atoms with Gasteiger partial charge in [0.15, 0.2) is 0 Å². The lowest BCUT2D eigenvalue weighted by Crippen LogP contribution is -2.18. The van der Waals surface area contributed by atoms with Gasteiger partial charge >= 0.3 is 0 Å². The summed E-state index contributed by atoms with van der Waals surface area (Å²) >= 11 is 0. The van der Waals surface area contributed by atoms with Crippen molar-refractivity contribution in [3.63, 3.8) is 0 Å². The Morgan fingerprint density at radius 3 is 2.65 bits per heavy atom. The number of nitriles is 1. The van der Waals surface area contributed by atoms with E-state index in [-0.39, 0.29) is 5.82 Å². The van der Waals surface area contributed by atoms with E-state index in [9.17, 15) is 9.65 Å². The van der Waals surface area contributed by atoms with Gasteiger partial charge in [0.05, 0.1) is 11.3 Å². The van der Waals surface area contributed by atoms with Crippen LogP contribution in [-0.4, -0.2) is 7.05 Å². The molecule has 0 saturated carbocycles. The number of nitrogens with two attached hydrogens (primary N) is 1. The normalized spacial score (nSPS) is 10.1. The summed E-state index contributed by atoms with van der Waals surface area (Å²) in [5.41, 5.74) is 8.40. The molecule has 0 radical (unpaired) electrons. The Hall–Kier alpha value is -2.38. The molecule has 0 heterocycles. The summed E-state index contributed by atoms with van der Waals surface area (Å²) in [6.07, 6.45) is 0. The van der Waals surface area contributed by atoms with Gasteiger partial charge in [0, 0.05) is 25.7 Å². The lowest BCUT2D eigenvalue weighted by atomic mass is 10.1. The van der Waals surface area contributed by atoms with Gasteiger partial charge in [-0.2, -0.15) is 5.26 Å². The average molecular weight is 269 g/mol. The quantitative estimate of drug-likeness (QED) is 0.928. The van der Waals surface area contributed by atoms with E-state index < -0.39 is 0 Å². The Labute approximate surface area is 118 Å². The zero-order valence-electron chi connectivity index (χ0n) is 11.3. The molecule has 0 spiro atoms. The van der Waals surface area contributed by atoms with Gasteiger partial charge in [-0.25, -0.2) is 4.39 Å². The highest BCUT2D eigenvalue weighted by molar-refractivity contribution is 5.60. The second kappa shape index (κ2) is 6.18. The largest absolute Gasteiger partial charge is 0.369 e. The molecule has 0 unspecified atom stereocenters. The van der Waals surface area contributed by atoms with Crippen LogP contribution in [0.2, 0.25) is 0 Å². The zero-order chi connectivity index (χ0) is 14.5. The second-order valence-corrected chi connectivity index (χ2v) is 4.61. The van der Waals surface area contributed by atoms with Gasteiger partial charge in [-0.1, -0.05) is 24.3 Å². The number of nitrogens with zero attached hydrogens (tertiary/aromatic N) is 2. The summed E-state index contributed by atoms with van der Waals surface area (Å²) < 4.78 is 13.7. The predicted molar refractivity (Wildman–Crippen MR) is 77.6 cm³/mol. The van der Waals surface area contributed by atoms with Crippen LogP contribution in [-0.2, 0) is 13.1 Å². The Bertz CT molecular complexity index is 646. The lowest BCUT2D eigenvalue weighted by Gasteiger charge is -2.21. The summed E-state index contributed by atoms with van der Waals surface area (Å²) in [5, 5.41) is 9.22. The van der Waals surface area contributed by atoms with Gasteiger partial charge in [-0.3, -0.25) is 0 Å². The van der Waals surface area contributed by atoms with Crippen LogP contribution in [0.5, 0.6) is 0 Å². The van der Waals surface area contributed by atoms with Crippen molar-refractivity contribution in [2.75, 3.05) is 11.9 Å². The lowest BCUT2D eigenvalue weighted by molar-refractivity contribution is 0.608. The third-order valence-corrected chi connectivity index (χ3v) is 3.19. The number of benzene rings is 2. The van der Waals surface area contributed by atoms with Gasteiger partial charge in [-0.05, 0) is 23.8 Å². The Balaban J connectivity index is 2.28. The minimum atomic E-state index is -0.239. The molecule has 0 fully saturated rings. The van der Waals surface area contributed by atoms with Crippen molar-refractivity contribution in [3.05, 3.63) is 65.0 Å². The SMILES string of the molecule is CN(Cc1ccccc1F)c1ccc(CN)cc1C#N. The minimum absolute atomic E-state index is 0.239. The van der Waals surface area contributed by atoms with Crippen molar-refractivity contribution < 1.29 is 4.39 Å². The average Bonchev–Trinajstić information content (AvgIpc) is 2.48. The molecule has 102 valence electrons. The van der Waals surface area contributed by atoms with Crippen molar-refractivity contribution in [3.8, 4) is 6.07 Å². The molecule has 20 heavy (non-hydrogen) atoms. The van der Waals surface area contributed by atoms with Crippen molar-refractivity contribution in [1.29, 1.82) is 5.26 Å². The minimum Gasteiger partial charge on any atom is -0.369 e. The molecule has 0 atom stereocenters. The van der Waals surface area contributed by atoms with Crippen LogP contribution in [0, 0.1) is 17.1 Å². The fourth-order valence-electron chi connectivity index (χ4n) is 2.10. The van der Waals surface area contributed by atoms with Crippen LogP contribution < -0.4 is 10.6 Å². The molecule has 2 aromatic carbocycles. The Morgan fingerprint density at radius 2 is 2.00 bits per heavy atom. The van der Waals surface area contributed by atoms with E-state index in [1.54, 1.807) is 24.3 Å². The van der Waals surface area contributed by atoms with E-state index in [1.165, 1.54) is 6.07 Å². The highest BCUT2D eigenvalue weighted by atomic mass is 19.1. The molecular weight excluding hydrogens is 253 g/mol. The summed E-state index contributed by atoms with van der Waals surface area (Å²) in [6.45, 7) is 0.801. The fourth-order valence-corrected chi connectivity index (χ4v) is 2.10. The van der Waals surface area contributed by atoms with Gasteiger partial charge < -0.3 is 10.6 Å². The smallest absolute Gasteiger partial charge is 0.128 e. The Morgan fingerprint density at radius 1 is 1.25 bits per heavy atom. The van der Waals surface area contributed by atoms with Gasteiger partial charge in [-0.15, -0.1) is 0 Å². The molecule has 2 N–H and O–H groups in total.